The molecule has 2 heterocycles. The highest BCUT2D eigenvalue weighted by molar-refractivity contribution is 6.30. The maximum Gasteiger partial charge on any atom is 0.228 e. The van der Waals surface area contributed by atoms with Crippen molar-refractivity contribution in [1.82, 2.24) is 9.38 Å². The summed E-state index contributed by atoms with van der Waals surface area (Å²) in [6, 6.07) is 13.3. The minimum absolute atomic E-state index is 0.0911. The standard InChI is InChI=1S/C19H18ClN3O/c20-15-10-8-13(9-11-15)17-18(22-19(24)14-5-1-2-6-14)23-12-4-3-7-16(23)21-17/h3-4,7-12,14H,1-2,5-6H2,(H,22,24). The largest absolute Gasteiger partial charge is 0.310 e. The van der Waals surface area contributed by atoms with Crippen LogP contribution in [0.4, 0.5) is 5.82 Å². The van der Waals surface area contributed by atoms with Crippen molar-refractivity contribution < 1.29 is 4.79 Å². The quantitative estimate of drug-likeness (QED) is 0.746. The minimum Gasteiger partial charge on any atom is -0.310 e. The molecule has 3 aromatic rings. The van der Waals surface area contributed by atoms with Crippen LogP contribution in [-0.2, 0) is 4.79 Å². The van der Waals surface area contributed by atoms with Crippen LogP contribution in [0.25, 0.3) is 16.9 Å². The average molecular weight is 340 g/mol. The summed E-state index contributed by atoms with van der Waals surface area (Å²) in [5.74, 6) is 0.926. The van der Waals surface area contributed by atoms with Crippen LogP contribution in [0.1, 0.15) is 25.7 Å². The molecule has 1 saturated carbocycles. The van der Waals surface area contributed by atoms with E-state index in [4.69, 9.17) is 16.6 Å². The highest BCUT2D eigenvalue weighted by Crippen LogP contribution is 2.32. The van der Waals surface area contributed by atoms with Crippen molar-refractivity contribution >= 4 is 29.0 Å². The van der Waals surface area contributed by atoms with Gasteiger partial charge >= 0.3 is 0 Å². The first-order valence-electron chi connectivity index (χ1n) is 8.26. The zero-order valence-electron chi connectivity index (χ0n) is 13.2. The van der Waals surface area contributed by atoms with E-state index in [2.05, 4.69) is 5.32 Å². The first-order valence-corrected chi connectivity index (χ1v) is 8.64. The number of anilines is 1. The lowest BCUT2D eigenvalue weighted by Gasteiger charge is -2.11. The fourth-order valence-corrected chi connectivity index (χ4v) is 3.46. The maximum absolute atomic E-state index is 12.6. The molecule has 1 aliphatic carbocycles. The molecule has 0 atom stereocenters. The molecule has 1 N–H and O–H groups in total. The maximum atomic E-state index is 12.6. The zero-order chi connectivity index (χ0) is 16.5. The molecular weight excluding hydrogens is 322 g/mol. The number of fused-ring (bicyclic) bond motifs is 1. The van der Waals surface area contributed by atoms with Crippen molar-refractivity contribution in [2.45, 2.75) is 25.7 Å². The summed E-state index contributed by atoms with van der Waals surface area (Å²) >= 11 is 5.99. The number of hydrogen-bond donors (Lipinski definition) is 1. The van der Waals surface area contributed by atoms with Gasteiger partial charge in [-0.15, -0.1) is 0 Å². The molecule has 0 radical (unpaired) electrons. The number of amides is 1. The Morgan fingerprint density at radius 1 is 1.12 bits per heavy atom. The number of carbonyl (C=O) groups is 1. The molecule has 1 aliphatic rings. The van der Waals surface area contributed by atoms with Crippen molar-refractivity contribution in [3.8, 4) is 11.3 Å². The molecule has 0 spiro atoms. The normalized spacial score (nSPS) is 15.0. The molecule has 1 aromatic carbocycles. The van der Waals surface area contributed by atoms with Crippen LogP contribution < -0.4 is 5.32 Å². The molecule has 0 saturated heterocycles. The van der Waals surface area contributed by atoms with E-state index in [0.29, 0.717) is 5.02 Å². The first-order chi connectivity index (χ1) is 11.7. The predicted octanol–water partition coefficient (Wildman–Crippen LogP) is 4.78. The number of halogens is 1. The number of aromatic nitrogens is 2. The number of nitrogens with one attached hydrogen (secondary N) is 1. The lowest BCUT2D eigenvalue weighted by molar-refractivity contribution is -0.119. The van der Waals surface area contributed by atoms with Crippen LogP contribution in [0.5, 0.6) is 0 Å². The van der Waals surface area contributed by atoms with Crippen molar-refractivity contribution in [1.29, 1.82) is 0 Å². The topological polar surface area (TPSA) is 46.4 Å². The zero-order valence-corrected chi connectivity index (χ0v) is 14.0. The number of benzene rings is 1. The highest BCUT2D eigenvalue weighted by atomic mass is 35.5. The number of rotatable bonds is 3. The molecule has 5 heteroatoms. The van der Waals surface area contributed by atoms with E-state index in [1.807, 2.05) is 53.1 Å². The van der Waals surface area contributed by atoms with Crippen molar-refractivity contribution in [3.63, 3.8) is 0 Å². The summed E-state index contributed by atoms with van der Waals surface area (Å²) in [6.07, 6.45) is 6.13. The van der Waals surface area contributed by atoms with E-state index in [-0.39, 0.29) is 11.8 Å². The van der Waals surface area contributed by atoms with Gasteiger partial charge < -0.3 is 5.32 Å². The molecule has 2 aromatic heterocycles. The molecule has 24 heavy (non-hydrogen) atoms. The SMILES string of the molecule is O=C(Nc1c(-c2ccc(Cl)cc2)nc2ccccn12)C1CCCC1. The molecule has 1 amide bonds. The van der Waals surface area contributed by atoms with Crippen LogP contribution in [0, 0.1) is 5.92 Å². The lowest BCUT2D eigenvalue weighted by Crippen LogP contribution is -2.21. The van der Waals surface area contributed by atoms with E-state index >= 15 is 0 Å². The molecule has 4 nitrogen and oxygen atoms in total. The average Bonchev–Trinajstić information content (AvgIpc) is 3.24. The van der Waals surface area contributed by atoms with Gasteiger partial charge in [0.25, 0.3) is 0 Å². The van der Waals surface area contributed by atoms with Gasteiger partial charge in [-0.1, -0.05) is 42.6 Å². The second-order valence-electron chi connectivity index (χ2n) is 6.22. The Labute approximate surface area is 145 Å². The van der Waals surface area contributed by atoms with Crippen LogP contribution >= 0.6 is 11.6 Å². The molecule has 0 aliphatic heterocycles. The summed E-state index contributed by atoms with van der Waals surface area (Å²) in [7, 11) is 0. The third-order valence-corrected chi connectivity index (χ3v) is 4.87. The second-order valence-corrected chi connectivity index (χ2v) is 6.65. The number of nitrogens with zero attached hydrogens (tertiary/aromatic N) is 2. The summed E-state index contributed by atoms with van der Waals surface area (Å²) in [5, 5.41) is 3.80. The van der Waals surface area contributed by atoms with Crippen molar-refractivity contribution in [2.24, 2.45) is 5.92 Å². The summed E-state index contributed by atoms with van der Waals surface area (Å²) in [5.41, 5.74) is 2.51. The minimum atomic E-state index is 0.0911. The van der Waals surface area contributed by atoms with Gasteiger partial charge in [0.2, 0.25) is 5.91 Å². The molecule has 4 rings (SSSR count). The Hall–Kier alpha value is -2.33. The molecule has 1 fully saturated rings. The van der Waals surface area contributed by atoms with Gasteiger partial charge in [0.15, 0.2) is 0 Å². The Balaban J connectivity index is 1.78. The summed E-state index contributed by atoms with van der Waals surface area (Å²) in [4.78, 5) is 17.3. The van der Waals surface area contributed by atoms with Gasteiger partial charge in [-0.2, -0.15) is 0 Å². The summed E-state index contributed by atoms with van der Waals surface area (Å²) in [6.45, 7) is 0. The van der Waals surface area contributed by atoms with Crippen LogP contribution in [-0.4, -0.2) is 15.3 Å². The third kappa shape index (κ3) is 2.78. The highest BCUT2D eigenvalue weighted by Gasteiger charge is 2.25. The first kappa shape index (κ1) is 15.2. The molecule has 0 bridgehead atoms. The Morgan fingerprint density at radius 2 is 1.88 bits per heavy atom. The molecular formula is C19H18ClN3O. The monoisotopic (exact) mass is 339 g/mol. The van der Waals surface area contributed by atoms with Crippen LogP contribution in [0.15, 0.2) is 48.7 Å². The van der Waals surface area contributed by atoms with E-state index in [9.17, 15) is 4.79 Å². The van der Waals surface area contributed by atoms with Gasteiger partial charge in [0.05, 0.1) is 0 Å². The summed E-state index contributed by atoms with van der Waals surface area (Å²) < 4.78 is 1.93. The molecule has 122 valence electrons. The lowest BCUT2D eigenvalue weighted by atomic mass is 10.1. The van der Waals surface area contributed by atoms with E-state index in [1.165, 1.54) is 0 Å². The number of carbonyl (C=O) groups excluding carboxylic acids is 1. The fourth-order valence-electron chi connectivity index (χ4n) is 3.33. The Morgan fingerprint density at radius 3 is 2.62 bits per heavy atom. The van der Waals surface area contributed by atoms with E-state index in [0.717, 1.165) is 48.4 Å². The van der Waals surface area contributed by atoms with Crippen molar-refractivity contribution in [3.05, 3.63) is 53.7 Å². The van der Waals surface area contributed by atoms with Gasteiger partial charge in [-0.05, 0) is 37.1 Å². The van der Waals surface area contributed by atoms with Gasteiger partial charge in [-0.25, -0.2) is 4.98 Å². The smallest absolute Gasteiger partial charge is 0.228 e. The third-order valence-electron chi connectivity index (χ3n) is 4.62. The van der Waals surface area contributed by atoms with E-state index in [1.54, 1.807) is 0 Å². The van der Waals surface area contributed by atoms with Gasteiger partial charge in [0.1, 0.15) is 17.2 Å². The van der Waals surface area contributed by atoms with Gasteiger partial charge in [-0.3, -0.25) is 9.20 Å². The van der Waals surface area contributed by atoms with Gasteiger partial charge in [0, 0.05) is 22.7 Å². The number of hydrogen-bond acceptors (Lipinski definition) is 2. The Kier molecular flexibility index (Phi) is 3.98. The second kappa shape index (κ2) is 6.29. The van der Waals surface area contributed by atoms with Crippen LogP contribution in [0.2, 0.25) is 5.02 Å². The number of pyridine rings is 1. The van der Waals surface area contributed by atoms with Crippen LogP contribution in [0.3, 0.4) is 0 Å². The fraction of sp³-hybridized carbons (Fsp3) is 0.263. The van der Waals surface area contributed by atoms with Crippen molar-refractivity contribution in [2.75, 3.05) is 5.32 Å². The molecule has 0 unspecified atom stereocenters. The van der Waals surface area contributed by atoms with E-state index < -0.39 is 0 Å². The Bertz CT molecular complexity index is 879. The number of imidazole rings is 1. The predicted molar refractivity (Wildman–Crippen MR) is 96.2 cm³/mol.